The Morgan fingerprint density at radius 3 is 2.13 bits per heavy atom. The maximum absolute atomic E-state index is 11.3. The van der Waals surface area contributed by atoms with Gasteiger partial charge in [-0.25, -0.2) is 0 Å². The largest absolute Gasteiger partial charge is 0.390 e. The van der Waals surface area contributed by atoms with Gasteiger partial charge in [0, 0.05) is 26.7 Å². The number of hydrogen-bond acceptors (Lipinski definition) is 5. The average molecular weight is 436 g/mol. The zero-order valence-corrected chi connectivity index (χ0v) is 20.5. The molecule has 0 aromatic heterocycles. The van der Waals surface area contributed by atoms with Crippen molar-refractivity contribution < 1.29 is 19.7 Å². The van der Waals surface area contributed by atoms with Crippen LogP contribution in [0.1, 0.15) is 85.5 Å². The highest BCUT2D eigenvalue weighted by Crippen LogP contribution is 2.69. The van der Waals surface area contributed by atoms with Crippen LogP contribution in [0.25, 0.3) is 0 Å². The van der Waals surface area contributed by atoms with Crippen LogP contribution in [0.5, 0.6) is 0 Å². The fraction of sp³-hybridized carbons (Fsp3) is 1.00. The van der Waals surface area contributed by atoms with E-state index in [0.29, 0.717) is 17.6 Å². The monoisotopic (exact) mass is 435 g/mol. The number of aliphatic hydroxyl groups is 2. The smallest absolute Gasteiger partial charge is 0.101 e. The zero-order valence-electron chi connectivity index (χ0n) is 19.3. The van der Waals surface area contributed by atoms with Crippen molar-refractivity contribution in [2.75, 3.05) is 13.2 Å². The van der Waals surface area contributed by atoms with Gasteiger partial charge in [0.05, 0.1) is 30.5 Å². The molecular formula is C24H41NO4Si. The van der Waals surface area contributed by atoms with Gasteiger partial charge in [0.2, 0.25) is 0 Å². The van der Waals surface area contributed by atoms with Crippen molar-refractivity contribution in [3.8, 4) is 0 Å². The van der Waals surface area contributed by atoms with Crippen LogP contribution in [0.3, 0.4) is 0 Å². The zero-order chi connectivity index (χ0) is 21.6. The summed E-state index contributed by atoms with van der Waals surface area (Å²) in [6.45, 7) is 9.73. The van der Waals surface area contributed by atoms with E-state index in [-0.39, 0.29) is 28.7 Å². The van der Waals surface area contributed by atoms with Crippen LogP contribution < -0.4 is 5.32 Å². The summed E-state index contributed by atoms with van der Waals surface area (Å²) < 4.78 is 12.4. The molecule has 2 radical (unpaired) electrons. The minimum Gasteiger partial charge on any atom is -0.390 e. The molecule has 6 aliphatic carbocycles. The molecule has 4 bridgehead atoms. The standard InChI is InChI=1S/C24H41NO4Si/c1-19(2)9-16(10-20(3,4)25-19)23-7-8-24(15-23,18(23)27)29-12-17(26)11-28-21-5-6-22(30,13-21)14-21/h16-18,25-27,30H,5-15H2,1-4H3. The van der Waals surface area contributed by atoms with Gasteiger partial charge in [-0.2, -0.15) is 0 Å². The number of piperidine rings is 1. The molecule has 170 valence electrons. The highest BCUT2D eigenvalue weighted by atomic mass is 28.1. The highest BCUT2D eigenvalue weighted by Gasteiger charge is 2.72. The van der Waals surface area contributed by atoms with E-state index < -0.39 is 17.8 Å². The summed E-state index contributed by atoms with van der Waals surface area (Å²) in [4.78, 5) is 0. The van der Waals surface area contributed by atoms with E-state index in [1.54, 1.807) is 0 Å². The first kappa shape index (κ1) is 21.8. The first-order chi connectivity index (χ1) is 13.8. The number of rotatable bonds is 7. The van der Waals surface area contributed by atoms with Crippen LogP contribution in [-0.2, 0) is 9.47 Å². The summed E-state index contributed by atoms with van der Waals surface area (Å²) in [5, 5.41) is 25.9. The second-order valence-corrected chi connectivity index (χ2v) is 14.3. The maximum atomic E-state index is 11.3. The van der Waals surface area contributed by atoms with Crippen molar-refractivity contribution in [2.24, 2.45) is 11.3 Å². The Labute approximate surface area is 185 Å². The molecule has 1 saturated heterocycles. The van der Waals surface area contributed by atoms with Gasteiger partial charge in [-0.3, -0.25) is 0 Å². The van der Waals surface area contributed by atoms with Crippen molar-refractivity contribution in [3.05, 3.63) is 0 Å². The van der Waals surface area contributed by atoms with E-state index in [0.717, 1.165) is 51.4 Å². The molecule has 1 aliphatic heterocycles. The van der Waals surface area contributed by atoms with Gasteiger partial charge in [-0.05, 0) is 96.4 Å². The van der Waals surface area contributed by atoms with Crippen LogP contribution >= 0.6 is 0 Å². The van der Waals surface area contributed by atoms with E-state index in [9.17, 15) is 10.2 Å². The predicted molar refractivity (Wildman–Crippen MR) is 118 cm³/mol. The molecule has 4 unspecified atom stereocenters. The summed E-state index contributed by atoms with van der Waals surface area (Å²) in [7, 11) is 2.99. The molecule has 1 heterocycles. The minimum atomic E-state index is -0.617. The van der Waals surface area contributed by atoms with Gasteiger partial charge in [0.15, 0.2) is 0 Å². The van der Waals surface area contributed by atoms with E-state index in [2.05, 4.69) is 43.3 Å². The lowest BCUT2D eigenvalue weighted by atomic mass is 9.53. The van der Waals surface area contributed by atoms with Gasteiger partial charge in [-0.1, -0.05) is 0 Å². The van der Waals surface area contributed by atoms with Gasteiger partial charge in [-0.15, -0.1) is 0 Å². The molecule has 0 aromatic carbocycles. The minimum absolute atomic E-state index is 0.00500. The van der Waals surface area contributed by atoms with Crippen LogP contribution in [0.2, 0.25) is 5.04 Å². The predicted octanol–water partition coefficient (Wildman–Crippen LogP) is 2.61. The molecule has 6 heteroatoms. The summed E-state index contributed by atoms with van der Waals surface area (Å²) in [5.74, 6) is 0.512. The third-order valence-corrected chi connectivity index (χ3v) is 9.96. The van der Waals surface area contributed by atoms with Gasteiger partial charge < -0.3 is 25.0 Å². The fourth-order valence-corrected chi connectivity index (χ4v) is 9.25. The number of ether oxygens (including phenoxy) is 2. The van der Waals surface area contributed by atoms with Gasteiger partial charge >= 0.3 is 0 Å². The molecule has 7 rings (SSSR count). The normalized spacial score (nSPS) is 49.5. The average Bonchev–Trinajstić information content (AvgIpc) is 3.31. The van der Waals surface area contributed by atoms with Crippen LogP contribution in [0, 0.1) is 11.3 Å². The summed E-state index contributed by atoms with van der Waals surface area (Å²) in [6.07, 6.45) is 8.58. The SMILES string of the molecule is CC1(C)CC(C23CCC(OCC(O)COC45CCC([SiH])(C4)C5)(C2)C3O)CC(C)(C)N1. The fourth-order valence-electron chi connectivity index (χ4n) is 8.36. The maximum Gasteiger partial charge on any atom is 0.101 e. The quantitative estimate of drug-likeness (QED) is 0.536. The number of nitrogens with one attached hydrogen (secondary N) is 1. The first-order valence-corrected chi connectivity index (χ1v) is 12.6. The molecule has 7 fully saturated rings. The Kier molecular flexibility index (Phi) is 4.76. The molecule has 0 aromatic rings. The summed E-state index contributed by atoms with van der Waals surface area (Å²) in [5.41, 5.74) is -0.266. The van der Waals surface area contributed by atoms with Gasteiger partial charge in [0.25, 0.3) is 0 Å². The summed E-state index contributed by atoms with van der Waals surface area (Å²) in [6, 6.07) is 0. The Bertz CT molecular complexity index is 689. The molecule has 0 spiro atoms. The lowest BCUT2D eigenvalue weighted by Gasteiger charge is -2.60. The Morgan fingerprint density at radius 1 is 0.933 bits per heavy atom. The molecule has 7 aliphatic rings. The van der Waals surface area contributed by atoms with Crippen molar-refractivity contribution in [3.63, 3.8) is 0 Å². The Morgan fingerprint density at radius 2 is 1.57 bits per heavy atom. The van der Waals surface area contributed by atoms with Crippen molar-refractivity contribution >= 4 is 10.2 Å². The third kappa shape index (κ3) is 3.36. The lowest BCUT2D eigenvalue weighted by molar-refractivity contribution is -0.247. The molecule has 4 atom stereocenters. The molecule has 5 nitrogen and oxygen atoms in total. The van der Waals surface area contributed by atoms with Crippen molar-refractivity contribution in [1.29, 1.82) is 0 Å². The van der Waals surface area contributed by atoms with Crippen LogP contribution in [-0.4, -0.2) is 68.2 Å². The molecule has 6 saturated carbocycles. The van der Waals surface area contributed by atoms with E-state index in [1.807, 2.05) is 0 Å². The van der Waals surface area contributed by atoms with Crippen LogP contribution in [0.15, 0.2) is 0 Å². The van der Waals surface area contributed by atoms with Gasteiger partial charge in [0.1, 0.15) is 6.10 Å². The Balaban J connectivity index is 1.14. The van der Waals surface area contributed by atoms with Crippen LogP contribution in [0.4, 0.5) is 0 Å². The second kappa shape index (κ2) is 6.54. The van der Waals surface area contributed by atoms with Crippen molar-refractivity contribution in [1.82, 2.24) is 5.32 Å². The summed E-state index contributed by atoms with van der Waals surface area (Å²) >= 11 is 0. The van der Waals surface area contributed by atoms with E-state index in [4.69, 9.17) is 9.47 Å². The molecule has 3 N–H and O–H groups in total. The molecular weight excluding hydrogens is 394 g/mol. The van der Waals surface area contributed by atoms with E-state index >= 15 is 0 Å². The first-order valence-electron chi connectivity index (χ1n) is 12.0. The Hall–Kier alpha value is 0.0169. The molecule has 0 amide bonds. The third-order valence-electron chi connectivity index (χ3n) is 9.26. The highest BCUT2D eigenvalue weighted by molar-refractivity contribution is 6.16. The number of hydrogen-bond donors (Lipinski definition) is 3. The van der Waals surface area contributed by atoms with Crippen molar-refractivity contribution in [2.45, 2.75) is 125 Å². The molecule has 30 heavy (non-hydrogen) atoms. The number of aliphatic hydroxyl groups excluding tert-OH is 2. The number of fused-ring (bicyclic) bond motifs is 2. The topological polar surface area (TPSA) is 71.0 Å². The van der Waals surface area contributed by atoms with E-state index in [1.165, 1.54) is 6.42 Å². The second-order valence-electron chi connectivity index (χ2n) is 13.0. The lowest BCUT2D eigenvalue weighted by Crippen LogP contribution is -2.67.